The zero-order chi connectivity index (χ0) is 14.1. The van der Waals surface area contributed by atoms with Gasteiger partial charge < -0.3 is 9.84 Å². The van der Waals surface area contributed by atoms with E-state index in [9.17, 15) is 4.79 Å². The van der Waals surface area contributed by atoms with Crippen LogP contribution in [0.4, 0.5) is 10.5 Å². The highest BCUT2D eigenvalue weighted by molar-refractivity contribution is 5.85. The Morgan fingerprint density at radius 3 is 2.79 bits per heavy atom. The molecule has 0 atom stereocenters. The maximum absolute atomic E-state index is 11.5. The summed E-state index contributed by atoms with van der Waals surface area (Å²) in [6.07, 6.45) is 3.09. The molecule has 0 heterocycles. The summed E-state index contributed by atoms with van der Waals surface area (Å²) < 4.78 is 5.05. The van der Waals surface area contributed by atoms with Gasteiger partial charge in [-0.05, 0) is 43.4 Å². The largest absolute Gasteiger partial charge is 0.449 e. The van der Waals surface area contributed by atoms with E-state index in [1.807, 2.05) is 25.1 Å². The van der Waals surface area contributed by atoms with Gasteiger partial charge in [-0.15, -0.1) is 0 Å². The van der Waals surface area contributed by atoms with Crippen molar-refractivity contribution in [1.29, 1.82) is 0 Å². The quantitative estimate of drug-likeness (QED) is 0.744. The minimum Gasteiger partial charge on any atom is -0.449 e. The lowest BCUT2D eigenvalue weighted by molar-refractivity contribution is 0.160. The predicted octanol–water partition coefficient (Wildman–Crippen LogP) is 3.27. The molecule has 0 fully saturated rings. The maximum Gasteiger partial charge on any atom is 0.411 e. The van der Waals surface area contributed by atoms with Crippen molar-refractivity contribution >= 4 is 11.8 Å². The molecule has 2 N–H and O–H groups in total. The minimum absolute atomic E-state index is 0.197. The fourth-order valence-electron chi connectivity index (χ4n) is 1.76. The standard InChI is InChI=1S/C15H23NO3/c1-3-4-10-19-15(18)16-14-8-7-13(6-5-9-17)11-12(14)2/h7-8,11,17H,3-6,9-10H2,1-2H3,(H,16,18). The molecule has 0 unspecified atom stereocenters. The number of benzene rings is 1. The Morgan fingerprint density at radius 2 is 2.16 bits per heavy atom. The number of anilines is 1. The number of hydrogen-bond donors (Lipinski definition) is 2. The first-order valence-electron chi connectivity index (χ1n) is 6.81. The van der Waals surface area contributed by atoms with E-state index in [2.05, 4.69) is 12.2 Å². The number of aryl methyl sites for hydroxylation is 2. The lowest BCUT2D eigenvalue weighted by Gasteiger charge is -2.10. The fraction of sp³-hybridized carbons (Fsp3) is 0.533. The number of amides is 1. The minimum atomic E-state index is -0.403. The molecule has 0 saturated carbocycles. The third-order valence-corrected chi connectivity index (χ3v) is 2.88. The lowest BCUT2D eigenvalue weighted by Crippen LogP contribution is -2.15. The molecular formula is C15H23NO3. The second kappa shape index (κ2) is 8.53. The summed E-state index contributed by atoms with van der Waals surface area (Å²) in [6.45, 7) is 4.65. The smallest absolute Gasteiger partial charge is 0.411 e. The number of nitrogens with one attached hydrogen (secondary N) is 1. The van der Waals surface area contributed by atoms with E-state index in [1.54, 1.807) is 0 Å². The van der Waals surface area contributed by atoms with E-state index in [-0.39, 0.29) is 6.61 Å². The van der Waals surface area contributed by atoms with Gasteiger partial charge in [0.1, 0.15) is 0 Å². The van der Waals surface area contributed by atoms with Gasteiger partial charge in [0.25, 0.3) is 0 Å². The molecule has 0 radical (unpaired) electrons. The third kappa shape index (κ3) is 5.75. The van der Waals surface area contributed by atoms with Gasteiger partial charge in [-0.1, -0.05) is 25.5 Å². The normalized spacial score (nSPS) is 10.3. The number of carbonyl (C=O) groups excluding carboxylic acids is 1. The molecule has 106 valence electrons. The van der Waals surface area contributed by atoms with E-state index in [0.717, 1.165) is 42.5 Å². The molecule has 1 rings (SSSR count). The number of aliphatic hydroxyl groups excluding tert-OH is 1. The van der Waals surface area contributed by atoms with E-state index >= 15 is 0 Å². The van der Waals surface area contributed by atoms with Crippen molar-refractivity contribution in [2.24, 2.45) is 0 Å². The van der Waals surface area contributed by atoms with E-state index in [0.29, 0.717) is 6.61 Å². The van der Waals surface area contributed by atoms with Gasteiger partial charge in [-0.3, -0.25) is 5.32 Å². The molecule has 0 aliphatic carbocycles. The Labute approximate surface area is 114 Å². The first kappa shape index (κ1) is 15.5. The topological polar surface area (TPSA) is 58.6 Å². The van der Waals surface area contributed by atoms with E-state index in [1.165, 1.54) is 0 Å². The molecule has 0 aliphatic heterocycles. The van der Waals surface area contributed by atoms with E-state index in [4.69, 9.17) is 9.84 Å². The fourth-order valence-corrected chi connectivity index (χ4v) is 1.76. The van der Waals surface area contributed by atoms with Crippen molar-refractivity contribution in [3.05, 3.63) is 29.3 Å². The van der Waals surface area contributed by atoms with Crippen LogP contribution in [0.2, 0.25) is 0 Å². The van der Waals surface area contributed by atoms with Crippen LogP contribution < -0.4 is 5.32 Å². The van der Waals surface area contributed by atoms with Crippen molar-refractivity contribution in [2.75, 3.05) is 18.5 Å². The third-order valence-electron chi connectivity index (χ3n) is 2.88. The SMILES string of the molecule is CCCCOC(=O)Nc1ccc(CCCO)cc1C. The molecule has 0 aliphatic rings. The highest BCUT2D eigenvalue weighted by atomic mass is 16.5. The molecule has 0 saturated heterocycles. The zero-order valence-corrected chi connectivity index (χ0v) is 11.7. The van der Waals surface area contributed by atoms with Crippen LogP contribution in [-0.2, 0) is 11.2 Å². The second-order valence-electron chi connectivity index (χ2n) is 4.59. The predicted molar refractivity (Wildman–Crippen MR) is 76.5 cm³/mol. The molecule has 4 heteroatoms. The van der Waals surface area contributed by atoms with Crippen LogP contribution in [0.25, 0.3) is 0 Å². The van der Waals surface area contributed by atoms with Crippen LogP contribution in [0.3, 0.4) is 0 Å². The first-order chi connectivity index (χ1) is 9.17. The number of aliphatic hydroxyl groups is 1. The Kier molecular flexibility index (Phi) is 6.97. The zero-order valence-electron chi connectivity index (χ0n) is 11.7. The van der Waals surface area contributed by atoms with E-state index < -0.39 is 6.09 Å². The van der Waals surface area contributed by atoms with Gasteiger partial charge in [-0.25, -0.2) is 4.79 Å². The first-order valence-corrected chi connectivity index (χ1v) is 6.81. The van der Waals surface area contributed by atoms with Gasteiger partial charge in [0.15, 0.2) is 0 Å². The molecule has 19 heavy (non-hydrogen) atoms. The van der Waals surface area contributed by atoms with Crippen LogP contribution in [-0.4, -0.2) is 24.4 Å². The Balaban J connectivity index is 2.52. The molecule has 4 nitrogen and oxygen atoms in total. The van der Waals surface area contributed by atoms with Crippen LogP contribution in [0.15, 0.2) is 18.2 Å². The summed E-state index contributed by atoms with van der Waals surface area (Å²) >= 11 is 0. The summed E-state index contributed by atoms with van der Waals surface area (Å²) in [5.41, 5.74) is 2.94. The number of rotatable bonds is 7. The van der Waals surface area contributed by atoms with Gasteiger partial charge >= 0.3 is 6.09 Å². The van der Waals surface area contributed by atoms with Gasteiger partial charge in [0.05, 0.1) is 6.61 Å². The van der Waals surface area contributed by atoms with Gasteiger partial charge in [0.2, 0.25) is 0 Å². The Morgan fingerprint density at radius 1 is 1.37 bits per heavy atom. The number of ether oxygens (including phenoxy) is 1. The summed E-state index contributed by atoms with van der Waals surface area (Å²) in [5, 5.41) is 11.5. The Hall–Kier alpha value is -1.55. The summed E-state index contributed by atoms with van der Waals surface area (Å²) in [5.74, 6) is 0. The van der Waals surface area contributed by atoms with Crippen LogP contribution in [0, 0.1) is 6.92 Å². The van der Waals surface area contributed by atoms with Crippen LogP contribution in [0.1, 0.15) is 37.3 Å². The number of unbranched alkanes of at least 4 members (excludes halogenated alkanes) is 1. The highest BCUT2D eigenvalue weighted by Gasteiger charge is 2.06. The van der Waals surface area contributed by atoms with Gasteiger partial charge in [-0.2, -0.15) is 0 Å². The summed E-state index contributed by atoms with van der Waals surface area (Å²) in [7, 11) is 0. The monoisotopic (exact) mass is 265 g/mol. The van der Waals surface area contributed by atoms with Gasteiger partial charge in [0, 0.05) is 12.3 Å². The maximum atomic E-state index is 11.5. The van der Waals surface area contributed by atoms with Crippen molar-refractivity contribution in [3.63, 3.8) is 0 Å². The summed E-state index contributed by atoms with van der Waals surface area (Å²) in [6, 6.07) is 5.87. The molecule has 0 spiro atoms. The number of hydrogen-bond acceptors (Lipinski definition) is 3. The molecule has 1 aromatic carbocycles. The second-order valence-corrected chi connectivity index (χ2v) is 4.59. The molecular weight excluding hydrogens is 242 g/mol. The van der Waals surface area contributed by atoms with Crippen LogP contribution in [0.5, 0.6) is 0 Å². The average Bonchev–Trinajstić information content (AvgIpc) is 2.39. The van der Waals surface area contributed by atoms with Crippen molar-refractivity contribution in [1.82, 2.24) is 0 Å². The average molecular weight is 265 g/mol. The summed E-state index contributed by atoms with van der Waals surface area (Å²) in [4.78, 5) is 11.5. The van der Waals surface area contributed by atoms with Crippen molar-refractivity contribution in [3.8, 4) is 0 Å². The molecule has 1 aromatic rings. The molecule has 1 amide bonds. The molecule has 0 aromatic heterocycles. The lowest BCUT2D eigenvalue weighted by atomic mass is 10.1. The van der Waals surface area contributed by atoms with Crippen molar-refractivity contribution in [2.45, 2.75) is 39.5 Å². The Bertz CT molecular complexity index is 404. The van der Waals surface area contributed by atoms with Crippen LogP contribution >= 0.6 is 0 Å². The highest BCUT2D eigenvalue weighted by Crippen LogP contribution is 2.17. The van der Waals surface area contributed by atoms with Crippen molar-refractivity contribution < 1.29 is 14.6 Å². The number of carbonyl (C=O) groups is 1. The molecule has 0 bridgehead atoms.